The molecular weight excluding hydrogens is 234 g/mol. The molecule has 2 unspecified atom stereocenters. The minimum absolute atomic E-state index is 0.115. The van der Waals surface area contributed by atoms with Gasteiger partial charge < -0.3 is 4.90 Å². The lowest BCUT2D eigenvalue weighted by atomic mass is 9.77. The molecule has 3 rings (SSSR count). The van der Waals surface area contributed by atoms with Gasteiger partial charge in [-0.25, -0.2) is 0 Å². The van der Waals surface area contributed by atoms with Crippen LogP contribution in [0.2, 0.25) is 5.02 Å². The number of carbonyl (C=O) groups is 1. The second-order valence-corrected chi connectivity index (χ2v) is 5.22. The molecule has 0 spiro atoms. The molecule has 0 radical (unpaired) electrons. The minimum atomic E-state index is 0.115. The molecule has 1 aromatic rings. The number of fused-ring (bicyclic) bond motifs is 3. The summed E-state index contributed by atoms with van der Waals surface area (Å²) in [6, 6.07) is 6.40. The molecule has 0 fully saturated rings. The van der Waals surface area contributed by atoms with Crippen molar-refractivity contribution in [3.63, 3.8) is 0 Å². The van der Waals surface area contributed by atoms with Crippen LogP contribution < -0.4 is 0 Å². The molecule has 0 aromatic heterocycles. The summed E-state index contributed by atoms with van der Waals surface area (Å²) in [5, 5.41) is 0.798. The summed E-state index contributed by atoms with van der Waals surface area (Å²) in [7, 11) is 1.89. The van der Waals surface area contributed by atoms with Crippen molar-refractivity contribution in [2.75, 3.05) is 7.05 Å². The summed E-state index contributed by atoms with van der Waals surface area (Å²) in [6.45, 7) is 0. The Kier molecular flexibility index (Phi) is 2.48. The molecule has 3 heteroatoms. The van der Waals surface area contributed by atoms with Crippen molar-refractivity contribution in [2.24, 2.45) is 0 Å². The van der Waals surface area contributed by atoms with E-state index in [1.807, 2.05) is 24.1 Å². The molecule has 1 amide bonds. The Labute approximate surface area is 106 Å². The van der Waals surface area contributed by atoms with Crippen molar-refractivity contribution in [3.8, 4) is 0 Å². The Morgan fingerprint density at radius 1 is 1.41 bits per heavy atom. The number of amides is 1. The molecule has 0 saturated carbocycles. The van der Waals surface area contributed by atoms with Gasteiger partial charge in [-0.2, -0.15) is 0 Å². The van der Waals surface area contributed by atoms with Gasteiger partial charge in [0.05, 0.1) is 0 Å². The highest BCUT2D eigenvalue weighted by atomic mass is 35.5. The zero-order chi connectivity index (χ0) is 12.0. The zero-order valence-corrected chi connectivity index (χ0v) is 10.4. The van der Waals surface area contributed by atoms with Gasteiger partial charge in [-0.3, -0.25) is 4.79 Å². The quantitative estimate of drug-likeness (QED) is 0.690. The summed E-state index contributed by atoms with van der Waals surface area (Å²) in [6.07, 6.45) is 5.75. The molecule has 0 bridgehead atoms. The maximum Gasteiger partial charge on any atom is 0.246 e. The largest absolute Gasteiger partial charge is 0.338 e. The van der Waals surface area contributed by atoms with Gasteiger partial charge in [0.2, 0.25) is 5.91 Å². The average Bonchev–Trinajstić information content (AvgIpc) is 2.33. The van der Waals surface area contributed by atoms with Crippen molar-refractivity contribution in [3.05, 3.63) is 46.5 Å². The Bertz CT molecular complexity index is 509. The highest BCUT2D eigenvalue weighted by Gasteiger charge is 2.34. The van der Waals surface area contributed by atoms with Crippen molar-refractivity contribution >= 4 is 17.5 Å². The summed E-state index contributed by atoms with van der Waals surface area (Å²) >= 11 is 6.02. The normalized spacial score (nSPS) is 26.7. The first-order valence-corrected chi connectivity index (χ1v) is 6.28. The number of carbonyl (C=O) groups excluding carboxylic acids is 1. The first-order valence-electron chi connectivity index (χ1n) is 5.90. The van der Waals surface area contributed by atoms with Crippen LogP contribution in [0.4, 0.5) is 0 Å². The molecular formula is C14H14ClNO. The van der Waals surface area contributed by atoms with Crippen LogP contribution in [-0.4, -0.2) is 23.9 Å². The fraction of sp³-hybridized carbons (Fsp3) is 0.357. The third kappa shape index (κ3) is 1.67. The van der Waals surface area contributed by atoms with E-state index >= 15 is 0 Å². The van der Waals surface area contributed by atoms with Gasteiger partial charge in [-0.15, -0.1) is 0 Å². The Balaban J connectivity index is 2.07. The highest BCUT2D eigenvalue weighted by molar-refractivity contribution is 6.30. The fourth-order valence-electron chi connectivity index (χ4n) is 2.94. The van der Waals surface area contributed by atoms with Crippen LogP contribution in [0.25, 0.3) is 0 Å². The van der Waals surface area contributed by atoms with Crippen LogP contribution in [0.1, 0.15) is 23.5 Å². The number of hydrogen-bond donors (Lipinski definition) is 0. The number of nitrogens with zero attached hydrogens (tertiary/aromatic N) is 1. The second kappa shape index (κ2) is 3.88. The predicted molar refractivity (Wildman–Crippen MR) is 68.2 cm³/mol. The van der Waals surface area contributed by atoms with Crippen molar-refractivity contribution in [1.29, 1.82) is 0 Å². The van der Waals surface area contributed by atoms with Gasteiger partial charge in [0, 0.05) is 24.0 Å². The summed E-state index contributed by atoms with van der Waals surface area (Å²) in [5.74, 6) is 0.447. The fourth-order valence-corrected chi connectivity index (χ4v) is 3.13. The number of aryl methyl sites for hydroxylation is 1. The summed E-state index contributed by atoms with van der Waals surface area (Å²) in [4.78, 5) is 13.5. The van der Waals surface area contributed by atoms with Gasteiger partial charge in [-0.1, -0.05) is 23.7 Å². The lowest BCUT2D eigenvalue weighted by Crippen LogP contribution is -2.44. The molecule has 88 valence electrons. The number of hydrogen-bond acceptors (Lipinski definition) is 1. The molecule has 1 aromatic carbocycles. The monoisotopic (exact) mass is 247 g/mol. The smallest absolute Gasteiger partial charge is 0.246 e. The average molecular weight is 248 g/mol. The van der Waals surface area contributed by atoms with E-state index in [9.17, 15) is 4.79 Å². The van der Waals surface area contributed by atoms with E-state index < -0.39 is 0 Å². The van der Waals surface area contributed by atoms with Crippen LogP contribution in [0, 0.1) is 0 Å². The van der Waals surface area contributed by atoms with E-state index in [2.05, 4.69) is 12.1 Å². The van der Waals surface area contributed by atoms with Crippen LogP contribution in [0.5, 0.6) is 0 Å². The van der Waals surface area contributed by atoms with Crippen LogP contribution in [-0.2, 0) is 11.2 Å². The topological polar surface area (TPSA) is 20.3 Å². The maximum atomic E-state index is 11.6. The molecule has 2 atom stereocenters. The van der Waals surface area contributed by atoms with E-state index in [1.54, 1.807) is 6.08 Å². The third-order valence-electron chi connectivity index (χ3n) is 3.88. The van der Waals surface area contributed by atoms with E-state index in [0.717, 1.165) is 17.9 Å². The maximum absolute atomic E-state index is 11.6. The molecule has 1 aliphatic heterocycles. The SMILES string of the molecule is CN1C(=O)C=CC2c3ccc(Cl)cc3CCC21. The van der Waals surface area contributed by atoms with Crippen molar-refractivity contribution < 1.29 is 4.79 Å². The predicted octanol–water partition coefficient (Wildman–Crippen LogP) is 2.77. The standard InChI is InChI=1S/C14H14ClNO/c1-16-13-6-2-9-8-10(15)3-4-11(9)12(13)5-7-14(16)17/h3-5,7-8,12-13H,2,6H2,1H3. The minimum Gasteiger partial charge on any atom is -0.338 e. The lowest BCUT2D eigenvalue weighted by Gasteiger charge is -2.40. The zero-order valence-electron chi connectivity index (χ0n) is 9.69. The van der Waals surface area contributed by atoms with Crippen LogP contribution >= 0.6 is 11.6 Å². The van der Waals surface area contributed by atoms with Crippen LogP contribution in [0.3, 0.4) is 0 Å². The van der Waals surface area contributed by atoms with E-state index in [1.165, 1.54) is 11.1 Å². The molecule has 17 heavy (non-hydrogen) atoms. The number of likely N-dealkylation sites (N-methyl/N-ethyl adjacent to an activating group) is 1. The van der Waals surface area contributed by atoms with Gasteiger partial charge in [-0.05, 0) is 42.2 Å². The Morgan fingerprint density at radius 3 is 3.06 bits per heavy atom. The second-order valence-electron chi connectivity index (χ2n) is 4.78. The van der Waals surface area contributed by atoms with Gasteiger partial charge >= 0.3 is 0 Å². The Hall–Kier alpha value is -1.28. The molecule has 1 heterocycles. The molecule has 0 N–H and O–H groups in total. The van der Waals surface area contributed by atoms with Crippen molar-refractivity contribution in [1.82, 2.24) is 4.90 Å². The molecule has 1 aliphatic carbocycles. The number of halogens is 1. The van der Waals surface area contributed by atoms with E-state index in [-0.39, 0.29) is 5.91 Å². The van der Waals surface area contributed by atoms with Crippen molar-refractivity contribution in [2.45, 2.75) is 24.8 Å². The van der Waals surface area contributed by atoms with E-state index in [4.69, 9.17) is 11.6 Å². The number of benzene rings is 1. The summed E-state index contributed by atoms with van der Waals surface area (Å²) < 4.78 is 0. The summed E-state index contributed by atoms with van der Waals surface area (Å²) in [5.41, 5.74) is 2.65. The third-order valence-corrected chi connectivity index (χ3v) is 4.11. The first-order chi connectivity index (χ1) is 8.16. The molecule has 2 nitrogen and oxygen atoms in total. The van der Waals surface area contributed by atoms with Gasteiger partial charge in [0.25, 0.3) is 0 Å². The van der Waals surface area contributed by atoms with Gasteiger partial charge in [0.15, 0.2) is 0 Å². The van der Waals surface area contributed by atoms with Crippen LogP contribution in [0.15, 0.2) is 30.4 Å². The Morgan fingerprint density at radius 2 is 2.24 bits per heavy atom. The molecule has 2 aliphatic rings. The lowest BCUT2D eigenvalue weighted by molar-refractivity contribution is -0.128. The first kappa shape index (κ1) is 10.8. The molecule has 0 saturated heterocycles. The highest BCUT2D eigenvalue weighted by Crippen LogP contribution is 2.38. The number of rotatable bonds is 0. The van der Waals surface area contributed by atoms with E-state index in [0.29, 0.717) is 12.0 Å². The van der Waals surface area contributed by atoms with Gasteiger partial charge in [0.1, 0.15) is 0 Å².